The zero-order valence-electron chi connectivity index (χ0n) is 27.9. The second-order valence-electron chi connectivity index (χ2n) is 14.7. The minimum Gasteiger partial charge on any atom is -0.444 e. The summed E-state index contributed by atoms with van der Waals surface area (Å²) < 4.78 is 48.8. The zero-order valence-corrected chi connectivity index (χ0v) is 28.7. The molecule has 0 radical (unpaired) electrons. The van der Waals surface area contributed by atoms with Gasteiger partial charge in [-0.25, -0.2) is 28.3 Å². The van der Waals surface area contributed by atoms with Crippen molar-refractivity contribution in [3.63, 3.8) is 0 Å². The number of amides is 2. The lowest BCUT2D eigenvalue weighted by Gasteiger charge is -2.23. The van der Waals surface area contributed by atoms with Crippen LogP contribution >= 0.6 is 11.3 Å². The van der Waals surface area contributed by atoms with E-state index in [0.29, 0.717) is 35.6 Å². The van der Waals surface area contributed by atoms with Gasteiger partial charge >= 0.3 is 12.2 Å². The summed E-state index contributed by atoms with van der Waals surface area (Å²) in [6, 6.07) is 1.85. The third kappa shape index (κ3) is 5.97. The number of thiophene rings is 1. The molecule has 1 atom stereocenters. The number of hydrogen-bond donors (Lipinski definition) is 2. The van der Waals surface area contributed by atoms with Gasteiger partial charge in [-0.2, -0.15) is 5.26 Å². The van der Waals surface area contributed by atoms with Crippen LogP contribution in [0, 0.1) is 28.4 Å². The van der Waals surface area contributed by atoms with Crippen molar-refractivity contribution < 1.29 is 32.6 Å². The van der Waals surface area contributed by atoms with E-state index in [1.54, 1.807) is 47.7 Å². The van der Waals surface area contributed by atoms with Gasteiger partial charge in [0.2, 0.25) is 5.95 Å². The number of nitrogens with zero attached hydrogens (tertiary/aromatic N) is 5. The number of hydrogen-bond acceptors (Lipinski definition) is 11. The van der Waals surface area contributed by atoms with Crippen LogP contribution in [-0.2, 0) is 27.4 Å². The van der Waals surface area contributed by atoms with Crippen LogP contribution in [0.3, 0.4) is 0 Å². The molecule has 1 spiro atoms. The van der Waals surface area contributed by atoms with Gasteiger partial charge in [0.25, 0.3) is 0 Å². The van der Waals surface area contributed by atoms with E-state index < -0.39 is 35.0 Å². The summed E-state index contributed by atoms with van der Waals surface area (Å²) in [7, 11) is 0. The van der Waals surface area contributed by atoms with E-state index in [9.17, 15) is 14.9 Å². The number of ether oxygens (including phenoxy) is 3. The summed E-state index contributed by atoms with van der Waals surface area (Å²) >= 11 is 0.839. The molecule has 2 fully saturated rings. The Kier molecular flexibility index (Phi) is 7.67. The highest BCUT2D eigenvalue weighted by molar-refractivity contribution is 7.23. The lowest BCUT2D eigenvalue weighted by molar-refractivity contribution is 0.0492. The number of anilines is 2. The van der Waals surface area contributed by atoms with Gasteiger partial charge in [-0.1, -0.05) is 0 Å². The molecule has 1 aliphatic carbocycles. The van der Waals surface area contributed by atoms with Gasteiger partial charge in [-0.3, -0.25) is 10.3 Å². The van der Waals surface area contributed by atoms with E-state index in [4.69, 9.17) is 19.2 Å². The standard InChI is InChI=1S/C34H35F2N7O5S/c1-32(2,3)47-30(44)40-21-12-43(15-34(21)7-8-34)29-39-10-17-18-13-46-14-19(18)22(24(36)25(17)41-29)26-23-16(9-37)28(42-31(45)48-33(4,5)6)49-27(23)20(35)11-38-26/h10-11,21H,7-8,12-15H2,1-6H3,(H,40,44)(H,42,45)/t21-/m0/s1. The fraction of sp³-hybridized carbons (Fsp3) is 0.471. The van der Waals surface area contributed by atoms with Crippen molar-refractivity contribution in [2.24, 2.45) is 5.41 Å². The lowest BCUT2D eigenvalue weighted by Crippen LogP contribution is -2.44. The first-order chi connectivity index (χ1) is 23.1. The number of carbonyl (C=O) groups is 2. The largest absolute Gasteiger partial charge is 0.444 e. The van der Waals surface area contributed by atoms with Crippen LogP contribution in [0.5, 0.6) is 0 Å². The number of halogens is 2. The van der Waals surface area contributed by atoms with Crippen LogP contribution in [0.4, 0.5) is 29.3 Å². The summed E-state index contributed by atoms with van der Waals surface area (Å²) in [6.07, 6.45) is 3.07. The highest BCUT2D eigenvalue weighted by Crippen LogP contribution is 2.53. The van der Waals surface area contributed by atoms with Gasteiger partial charge in [-0.05, 0) is 65.5 Å². The SMILES string of the molecule is CC(C)(C)OC(=O)Nc1sc2c(F)cnc(-c3c4c(c5cnc(N6C[C@H](NC(=O)OC(C)(C)C)C7(CC7)C6)nc5c3F)COC4)c2c1C#N. The van der Waals surface area contributed by atoms with Crippen LogP contribution in [0.15, 0.2) is 12.4 Å². The van der Waals surface area contributed by atoms with Crippen molar-refractivity contribution >= 4 is 55.5 Å². The maximum Gasteiger partial charge on any atom is 0.412 e. The summed E-state index contributed by atoms with van der Waals surface area (Å²) in [5.41, 5.74) is -0.411. The molecule has 256 valence electrons. The monoisotopic (exact) mass is 691 g/mol. The Morgan fingerprint density at radius 3 is 2.43 bits per heavy atom. The first-order valence-corrected chi connectivity index (χ1v) is 16.7. The molecule has 7 rings (SSSR count). The van der Waals surface area contributed by atoms with Crippen molar-refractivity contribution in [2.75, 3.05) is 23.3 Å². The second-order valence-corrected chi connectivity index (χ2v) is 15.7. The van der Waals surface area contributed by atoms with Gasteiger partial charge in [-0.15, -0.1) is 11.3 Å². The Bertz CT molecular complexity index is 2100. The molecule has 5 heterocycles. The Hall–Kier alpha value is -4.68. The predicted octanol–water partition coefficient (Wildman–Crippen LogP) is 6.93. The Morgan fingerprint density at radius 2 is 1.76 bits per heavy atom. The highest BCUT2D eigenvalue weighted by atomic mass is 32.1. The third-order valence-corrected chi connectivity index (χ3v) is 9.95. The maximum atomic E-state index is 17.0. The van der Waals surface area contributed by atoms with Crippen LogP contribution in [0.2, 0.25) is 0 Å². The molecule has 0 bridgehead atoms. The van der Waals surface area contributed by atoms with Crippen molar-refractivity contribution in [1.82, 2.24) is 20.3 Å². The van der Waals surface area contributed by atoms with Crippen LogP contribution < -0.4 is 15.5 Å². The maximum absolute atomic E-state index is 17.0. The van der Waals surface area contributed by atoms with Gasteiger partial charge in [0.05, 0.1) is 41.4 Å². The minimum absolute atomic E-state index is 0.0257. The predicted molar refractivity (Wildman–Crippen MR) is 178 cm³/mol. The molecule has 3 aromatic heterocycles. The Morgan fingerprint density at radius 1 is 1.06 bits per heavy atom. The van der Waals surface area contributed by atoms with Crippen molar-refractivity contribution in [1.29, 1.82) is 5.26 Å². The molecule has 1 saturated carbocycles. The number of aromatic nitrogens is 3. The van der Waals surface area contributed by atoms with Crippen LogP contribution in [0.1, 0.15) is 71.1 Å². The first kappa shape index (κ1) is 32.8. The van der Waals surface area contributed by atoms with E-state index in [-0.39, 0.29) is 62.1 Å². The molecule has 1 aromatic carbocycles. The molecule has 12 nitrogen and oxygen atoms in total. The molecule has 3 aliphatic rings. The van der Waals surface area contributed by atoms with Crippen molar-refractivity contribution in [3.8, 4) is 17.3 Å². The van der Waals surface area contributed by atoms with Crippen molar-refractivity contribution in [2.45, 2.75) is 84.8 Å². The Balaban J connectivity index is 1.30. The minimum atomic E-state index is -0.820. The molecular formula is C34H35F2N7O5S. The molecule has 4 aromatic rings. The quantitative estimate of drug-likeness (QED) is 0.231. The lowest BCUT2D eigenvalue weighted by atomic mass is 9.94. The highest BCUT2D eigenvalue weighted by Gasteiger charge is 2.56. The topological polar surface area (TPSA) is 152 Å². The Labute approximate surface area is 284 Å². The average Bonchev–Trinajstić information content (AvgIpc) is 3.29. The van der Waals surface area contributed by atoms with Crippen molar-refractivity contribution in [3.05, 3.63) is 40.7 Å². The van der Waals surface area contributed by atoms with E-state index in [2.05, 4.69) is 20.6 Å². The molecule has 1 saturated heterocycles. The number of benzene rings is 1. The first-order valence-electron chi connectivity index (χ1n) is 15.9. The molecule has 2 aliphatic heterocycles. The molecule has 0 unspecified atom stereocenters. The van der Waals surface area contributed by atoms with E-state index in [1.807, 2.05) is 11.0 Å². The van der Waals surface area contributed by atoms with Crippen LogP contribution in [-0.4, -0.2) is 57.5 Å². The second kappa shape index (κ2) is 11.4. The van der Waals surface area contributed by atoms with Gasteiger partial charge in [0.15, 0.2) is 11.6 Å². The average molecular weight is 692 g/mol. The number of rotatable bonds is 4. The number of alkyl carbamates (subject to hydrolysis) is 1. The number of pyridine rings is 1. The number of carbonyl (C=O) groups excluding carboxylic acids is 2. The molecule has 49 heavy (non-hydrogen) atoms. The molecule has 15 heteroatoms. The van der Waals surface area contributed by atoms with E-state index in [1.165, 1.54) is 0 Å². The number of nitrogens with one attached hydrogen (secondary N) is 2. The molecular weight excluding hydrogens is 656 g/mol. The summed E-state index contributed by atoms with van der Waals surface area (Å²) in [5, 5.41) is 16.4. The fourth-order valence-corrected chi connectivity index (χ4v) is 7.63. The summed E-state index contributed by atoms with van der Waals surface area (Å²) in [5.74, 6) is -1.15. The summed E-state index contributed by atoms with van der Waals surface area (Å²) in [4.78, 5) is 40.8. The number of fused-ring (bicyclic) bond motifs is 4. The zero-order chi connectivity index (χ0) is 35.0. The smallest absolute Gasteiger partial charge is 0.412 e. The van der Waals surface area contributed by atoms with Gasteiger partial charge in [0, 0.05) is 41.0 Å². The fourth-order valence-electron chi connectivity index (χ4n) is 6.59. The third-order valence-electron chi connectivity index (χ3n) is 8.83. The van der Waals surface area contributed by atoms with E-state index >= 15 is 8.78 Å². The normalized spacial score (nSPS) is 18.1. The van der Waals surface area contributed by atoms with Gasteiger partial charge in [0.1, 0.15) is 27.8 Å². The molecule has 2 amide bonds. The van der Waals surface area contributed by atoms with Crippen LogP contribution in [0.25, 0.3) is 32.2 Å². The van der Waals surface area contributed by atoms with Gasteiger partial charge < -0.3 is 24.4 Å². The number of nitriles is 1. The summed E-state index contributed by atoms with van der Waals surface area (Å²) in [6.45, 7) is 11.7. The molecule has 2 N–H and O–H groups in total. The van der Waals surface area contributed by atoms with E-state index in [0.717, 1.165) is 30.4 Å².